The van der Waals surface area contributed by atoms with Crippen LogP contribution in [0.4, 0.5) is 0 Å². The Bertz CT molecular complexity index is 66.2. The van der Waals surface area contributed by atoms with Gasteiger partial charge in [-0.05, 0) is 12.8 Å². The second kappa shape index (κ2) is 11.3. The highest BCUT2D eigenvalue weighted by Crippen LogP contribution is 2.07. The van der Waals surface area contributed by atoms with Crippen LogP contribution in [-0.2, 0) is 12.8 Å². The van der Waals surface area contributed by atoms with Gasteiger partial charge in [-0.3, -0.25) is 0 Å². The summed E-state index contributed by atoms with van der Waals surface area (Å²) in [5.41, 5.74) is 0. The third-order valence-corrected chi connectivity index (χ3v) is 2.41. The van der Waals surface area contributed by atoms with Crippen molar-refractivity contribution in [3.8, 4) is 0 Å². The number of rotatable bonds is 9. The summed E-state index contributed by atoms with van der Waals surface area (Å²) in [6.07, 6.45) is 11.2. The first-order chi connectivity index (χ1) is 5.91. The largest absolute Gasteiger partial charge is 0.498 e. The van der Waals surface area contributed by atoms with E-state index < -0.39 is 0 Å². The third kappa shape index (κ3) is 10.3. The molecule has 1 nitrogen and oxygen atoms in total. The van der Waals surface area contributed by atoms with Crippen LogP contribution < -0.4 is 4.72 Å². The van der Waals surface area contributed by atoms with Crippen LogP contribution in [0.15, 0.2) is 0 Å². The molecule has 0 saturated carbocycles. The molecular formula is C10H23NS. The van der Waals surface area contributed by atoms with Gasteiger partial charge in [-0.1, -0.05) is 45.4 Å². The molecule has 0 heterocycles. The van der Waals surface area contributed by atoms with Crippen LogP contribution in [-0.4, -0.2) is 6.54 Å². The molecule has 0 rings (SSSR count). The van der Waals surface area contributed by atoms with Crippen molar-refractivity contribution in [3.05, 3.63) is 0 Å². The van der Waals surface area contributed by atoms with Crippen LogP contribution in [0, 0.1) is 0 Å². The van der Waals surface area contributed by atoms with E-state index in [1.165, 1.54) is 51.4 Å². The van der Waals surface area contributed by atoms with Gasteiger partial charge in [0.05, 0.1) is 6.54 Å². The van der Waals surface area contributed by atoms with E-state index >= 15 is 0 Å². The first kappa shape index (κ1) is 12.3. The van der Waals surface area contributed by atoms with Crippen LogP contribution in [0.25, 0.3) is 0 Å². The Labute approximate surface area is 82.9 Å². The van der Waals surface area contributed by atoms with Gasteiger partial charge in [0.1, 0.15) is 0 Å². The lowest BCUT2D eigenvalue weighted by atomic mass is 10.1. The number of unbranched alkanes of at least 4 members (excludes halogenated alkanes) is 7. The molecule has 0 aromatic heterocycles. The summed E-state index contributed by atoms with van der Waals surface area (Å²) < 4.78 is 1.86. The minimum absolute atomic E-state index is 1.13. The molecule has 0 fully saturated rings. The van der Waals surface area contributed by atoms with Gasteiger partial charge in [-0.25, -0.2) is 0 Å². The van der Waals surface area contributed by atoms with Gasteiger partial charge in [-0.15, -0.1) is 0 Å². The van der Waals surface area contributed by atoms with Gasteiger partial charge in [0, 0.05) is 0 Å². The molecule has 12 heavy (non-hydrogen) atoms. The average molecular weight is 189 g/mol. The van der Waals surface area contributed by atoms with Crippen molar-refractivity contribution in [3.63, 3.8) is 0 Å². The topological polar surface area (TPSA) is 16.6 Å². The molecule has 0 atom stereocenters. The van der Waals surface area contributed by atoms with Crippen molar-refractivity contribution >= 4 is 12.8 Å². The molecule has 0 spiro atoms. The second-order valence-corrected chi connectivity index (χ2v) is 3.76. The molecule has 2 heteroatoms. The molecule has 0 aliphatic rings. The lowest BCUT2D eigenvalue weighted by Gasteiger charge is -2.02. The minimum Gasteiger partial charge on any atom is -0.498 e. The summed E-state index contributed by atoms with van der Waals surface area (Å²) in [6.45, 7) is 3.39. The fourth-order valence-electron chi connectivity index (χ4n) is 1.36. The van der Waals surface area contributed by atoms with E-state index in [2.05, 4.69) is 6.92 Å². The van der Waals surface area contributed by atoms with Crippen molar-refractivity contribution < 1.29 is 4.72 Å². The summed E-state index contributed by atoms with van der Waals surface area (Å²) in [4.78, 5) is 0. The maximum absolute atomic E-state index is 4.76. The average Bonchev–Trinajstić information content (AvgIpc) is 2.10. The number of hydrogen-bond donors (Lipinski definition) is 1. The molecular weight excluding hydrogens is 166 g/mol. The third-order valence-electron chi connectivity index (χ3n) is 2.18. The van der Waals surface area contributed by atoms with Crippen LogP contribution in [0.5, 0.6) is 0 Å². The Hall–Kier alpha value is 0.310. The number of hydrogen-bond acceptors (Lipinski definition) is 1. The van der Waals surface area contributed by atoms with Gasteiger partial charge in [0.15, 0.2) is 0 Å². The van der Waals surface area contributed by atoms with Gasteiger partial charge in [-0.2, -0.15) is 0 Å². The predicted octanol–water partition coefficient (Wildman–Crippen LogP) is 2.15. The highest BCUT2D eigenvalue weighted by atomic mass is 32.1. The molecule has 0 radical (unpaired) electrons. The van der Waals surface area contributed by atoms with Gasteiger partial charge < -0.3 is 17.5 Å². The first-order valence-corrected chi connectivity index (χ1v) is 5.82. The van der Waals surface area contributed by atoms with Crippen LogP contribution in [0.1, 0.15) is 58.3 Å². The molecule has 74 valence electrons. The Balaban J connectivity index is 2.73. The lowest BCUT2D eigenvalue weighted by molar-refractivity contribution is -0.479. The lowest BCUT2D eigenvalue weighted by Crippen LogP contribution is -2.77. The zero-order valence-electron chi connectivity index (χ0n) is 8.35. The minimum atomic E-state index is 1.13. The Morgan fingerprint density at radius 3 is 1.83 bits per heavy atom. The zero-order valence-corrected chi connectivity index (χ0v) is 9.17. The van der Waals surface area contributed by atoms with Crippen LogP contribution in [0.2, 0.25) is 0 Å². The predicted molar refractivity (Wildman–Crippen MR) is 56.8 cm³/mol. The molecule has 0 aliphatic carbocycles. The molecule has 0 saturated heterocycles. The van der Waals surface area contributed by atoms with Crippen molar-refractivity contribution in [2.45, 2.75) is 58.3 Å². The molecule has 0 aliphatic heterocycles. The molecule has 0 aromatic carbocycles. The van der Waals surface area contributed by atoms with Crippen LogP contribution >= 0.6 is 0 Å². The fourth-order valence-corrected chi connectivity index (χ4v) is 1.53. The normalized spacial score (nSPS) is 10.5. The van der Waals surface area contributed by atoms with Crippen molar-refractivity contribution in [1.82, 2.24) is 0 Å². The van der Waals surface area contributed by atoms with Gasteiger partial charge >= 0.3 is 0 Å². The first-order valence-electron chi connectivity index (χ1n) is 5.35. The summed E-state index contributed by atoms with van der Waals surface area (Å²) in [5.74, 6) is 0. The molecule has 0 bridgehead atoms. The standard InChI is InChI=1S/C10H23NS/c1-2-3-4-5-6-7-8-9-10-11-12/h2-11H2,1H3. The van der Waals surface area contributed by atoms with E-state index in [1.54, 1.807) is 0 Å². The summed E-state index contributed by atoms with van der Waals surface area (Å²) >= 11 is 4.76. The van der Waals surface area contributed by atoms with E-state index in [0.29, 0.717) is 0 Å². The Kier molecular flexibility index (Phi) is 11.6. The van der Waals surface area contributed by atoms with E-state index in [4.69, 9.17) is 12.8 Å². The number of nitrogens with two attached hydrogens (primary N) is 1. The van der Waals surface area contributed by atoms with E-state index in [0.717, 1.165) is 6.54 Å². The highest BCUT2D eigenvalue weighted by Gasteiger charge is 1.90. The molecule has 0 amide bonds. The number of quaternary nitrogens is 1. The highest BCUT2D eigenvalue weighted by molar-refractivity contribution is 7.50. The smallest absolute Gasteiger partial charge is 0.0592 e. The zero-order chi connectivity index (χ0) is 9.07. The SMILES string of the molecule is CCCCCCCCCC[NH2+][S-]. The van der Waals surface area contributed by atoms with E-state index in [-0.39, 0.29) is 0 Å². The van der Waals surface area contributed by atoms with Gasteiger partial charge in [0.25, 0.3) is 0 Å². The second-order valence-electron chi connectivity index (χ2n) is 3.43. The van der Waals surface area contributed by atoms with E-state index in [1.807, 2.05) is 4.72 Å². The molecule has 0 unspecified atom stereocenters. The maximum Gasteiger partial charge on any atom is 0.0592 e. The van der Waals surface area contributed by atoms with Crippen LogP contribution in [0.3, 0.4) is 0 Å². The van der Waals surface area contributed by atoms with Crippen molar-refractivity contribution in [1.29, 1.82) is 0 Å². The van der Waals surface area contributed by atoms with Crippen molar-refractivity contribution in [2.24, 2.45) is 0 Å². The summed E-state index contributed by atoms with van der Waals surface area (Å²) in [5, 5.41) is 0. The summed E-state index contributed by atoms with van der Waals surface area (Å²) in [6, 6.07) is 0. The molecule has 0 aromatic rings. The Morgan fingerprint density at radius 1 is 0.833 bits per heavy atom. The Morgan fingerprint density at radius 2 is 1.33 bits per heavy atom. The monoisotopic (exact) mass is 189 g/mol. The maximum atomic E-state index is 4.76. The summed E-state index contributed by atoms with van der Waals surface area (Å²) in [7, 11) is 0. The van der Waals surface area contributed by atoms with Gasteiger partial charge in [0.2, 0.25) is 0 Å². The molecule has 2 N–H and O–H groups in total. The quantitative estimate of drug-likeness (QED) is 0.434. The fraction of sp³-hybridized carbons (Fsp3) is 1.00. The van der Waals surface area contributed by atoms with Crippen molar-refractivity contribution in [2.75, 3.05) is 6.54 Å². The van der Waals surface area contributed by atoms with E-state index in [9.17, 15) is 0 Å².